The SMILES string of the molecule is CC1(C)C(NCc2ncc[nH]2)C2CCOC21. The molecule has 0 aromatic carbocycles. The van der Waals surface area contributed by atoms with Gasteiger partial charge in [-0.25, -0.2) is 4.98 Å². The zero-order valence-corrected chi connectivity index (χ0v) is 9.86. The molecular formula is C12H19N3O. The molecule has 3 unspecified atom stereocenters. The first kappa shape index (κ1) is 10.3. The minimum atomic E-state index is 0.258. The topological polar surface area (TPSA) is 49.9 Å². The molecule has 1 saturated carbocycles. The molecule has 4 heteroatoms. The van der Waals surface area contributed by atoms with Crippen molar-refractivity contribution in [2.75, 3.05) is 6.61 Å². The number of imidazole rings is 1. The Bertz CT molecular complexity index is 360. The van der Waals surface area contributed by atoms with Gasteiger partial charge < -0.3 is 15.0 Å². The Balaban J connectivity index is 1.63. The average Bonchev–Trinajstić information content (AvgIpc) is 2.86. The maximum absolute atomic E-state index is 5.77. The molecule has 1 aromatic heterocycles. The summed E-state index contributed by atoms with van der Waals surface area (Å²) >= 11 is 0. The van der Waals surface area contributed by atoms with E-state index in [4.69, 9.17) is 4.74 Å². The van der Waals surface area contributed by atoms with Crippen molar-refractivity contribution in [1.82, 2.24) is 15.3 Å². The van der Waals surface area contributed by atoms with Crippen LogP contribution < -0.4 is 5.32 Å². The first-order valence-corrected chi connectivity index (χ1v) is 6.03. The van der Waals surface area contributed by atoms with Gasteiger partial charge in [-0.2, -0.15) is 0 Å². The van der Waals surface area contributed by atoms with Gasteiger partial charge in [0.25, 0.3) is 0 Å². The average molecular weight is 221 g/mol. The van der Waals surface area contributed by atoms with Crippen LogP contribution in [-0.4, -0.2) is 28.7 Å². The van der Waals surface area contributed by atoms with Crippen molar-refractivity contribution in [3.63, 3.8) is 0 Å². The first-order chi connectivity index (χ1) is 7.69. The van der Waals surface area contributed by atoms with Crippen LogP contribution in [0.3, 0.4) is 0 Å². The second kappa shape index (κ2) is 3.57. The molecule has 4 nitrogen and oxygen atoms in total. The van der Waals surface area contributed by atoms with Crippen LogP contribution in [-0.2, 0) is 11.3 Å². The summed E-state index contributed by atoms with van der Waals surface area (Å²) in [6, 6.07) is 0.560. The lowest BCUT2D eigenvalue weighted by Crippen LogP contribution is -2.65. The summed E-state index contributed by atoms with van der Waals surface area (Å²) < 4.78 is 5.77. The lowest BCUT2D eigenvalue weighted by atomic mass is 9.57. The molecule has 2 aliphatic rings. The van der Waals surface area contributed by atoms with Crippen molar-refractivity contribution >= 4 is 0 Å². The Morgan fingerprint density at radius 1 is 1.62 bits per heavy atom. The van der Waals surface area contributed by atoms with Crippen molar-refractivity contribution in [2.45, 2.75) is 39.0 Å². The lowest BCUT2D eigenvalue weighted by molar-refractivity contribution is -0.113. The summed E-state index contributed by atoms with van der Waals surface area (Å²) in [6.07, 6.45) is 5.32. The van der Waals surface area contributed by atoms with Crippen LogP contribution in [0, 0.1) is 11.3 Å². The third kappa shape index (κ3) is 1.40. The van der Waals surface area contributed by atoms with Gasteiger partial charge in [0.2, 0.25) is 0 Å². The lowest BCUT2D eigenvalue weighted by Gasteiger charge is -2.54. The molecule has 0 amide bonds. The molecule has 88 valence electrons. The molecule has 1 saturated heterocycles. The fourth-order valence-corrected chi connectivity index (χ4v) is 3.34. The largest absolute Gasteiger partial charge is 0.377 e. The Labute approximate surface area is 95.8 Å². The zero-order chi connectivity index (χ0) is 11.2. The molecule has 16 heavy (non-hydrogen) atoms. The molecular weight excluding hydrogens is 202 g/mol. The van der Waals surface area contributed by atoms with E-state index < -0.39 is 0 Å². The van der Waals surface area contributed by atoms with Crippen molar-refractivity contribution < 1.29 is 4.74 Å². The molecule has 1 aromatic rings. The summed E-state index contributed by atoms with van der Waals surface area (Å²) in [5.74, 6) is 1.71. The fraction of sp³-hybridized carbons (Fsp3) is 0.750. The van der Waals surface area contributed by atoms with Gasteiger partial charge in [0.15, 0.2) is 0 Å². The van der Waals surface area contributed by atoms with Gasteiger partial charge in [-0.3, -0.25) is 0 Å². The van der Waals surface area contributed by atoms with E-state index in [-0.39, 0.29) is 5.41 Å². The van der Waals surface area contributed by atoms with Crippen LogP contribution in [0.1, 0.15) is 26.1 Å². The van der Waals surface area contributed by atoms with Gasteiger partial charge in [0.1, 0.15) is 5.82 Å². The summed E-state index contributed by atoms with van der Waals surface area (Å²) in [4.78, 5) is 7.35. The number of nitrogens with zero attached hydrogens (tertiary/aromatic N) is 1. The second-order valence-corrected chi connectivity index (χ2v) is 5.46. The van der Waals surface area contributed by atoms with Gasteiger partial charge >= 0.3 is 0 Å². The van der Waals surface area contributed by atoms with Crippen LogP contribution in [0.4, 0.5) is 0 Å². The number of fused-ring (bicyclic) bond motifs is 1. The van der Waals surface area contributed by atoms with E-state index in [1.807, 2.05) is 6.20 Å². The van der Waals surface area contributed by atoms with Gasteiger partial charge in [-0.15, -0.1) is 0 Å². The number of aromatic amines is 1. The van der Waals surface area contributed by atoms with Gasteiger partial charge in [0, 0.05) is 36.4 Å². The Kier molecular flexibility index (Phi) is 2.30. The molecule has 1 aliphatic carbocycles. The van der Waals surface area contributed by atoms with E-state index in [0.29, 0.717) is 18.1 Å². The first-order valence-electron chi connectivity index (χ1n) is 6.03. The highest BCUT2D eigenvalue weighted by Crippen LogP contribution is 2.52. The van der Waals surface area contributed by atoms with Crippen LogP contribution in [0.25, 0.3) is 0 Å². The summed E-state index contributed by atoms with van der Waals surface area (Å²) in [5.41, 5.74) is 0.258. The molecule has 2 N–H and O–H groups in total. The fourth-order valence-electron chi connectivity index (χ4n) is 3.34. The van der Waals surface area contributed by atoms with E-state index >= 15 is 0 Å². The molecule has 3 rings (SSSR count). The van der Waals surface area contributed by atoms with Gasteiger partial charge in [-0.05, 0) is 6.42 Å². The third-order valence-corrected chi connectivity index (χ3v) is 4.14. The number of aromatic nitrogens is 2. The van der Waals surface area contributed by atoms with Crippen molar-refractivity contribution in [3.05, 3.63) is 18.2 Å². The number of ether oxygens (including phenoxy) is 1. The Morgan fingerprint density at radius 3 is 3.25 bits per heavy atom. The normalized spacial score (nSPS) is 35.8. The highest BCUT2D eigenvalue weighted by Gasteiger charge is 2.58. The zero-order valence-electron chi connectivity index (χ0n) is 9.86. The molecule has 0 spiro atoms. The summed E-state index contributed by atoms with van der Waals surface area (Å²) in [5, 5.41) is 3.61. The molecule has 2 heterocycles. The van der Waals surface area contributed by atoms with Crippen LogP contribution in [0.15, 0.2) is 12.4 Å². The quantitative estimate of drug-likeness (QED) is 0.809. The van der Waals surface area contributed by atoms with Crippen molar-refractivity contribution in [2.24, 2.45) is 11.3 Å². The number of hydrogen-bond acceptors (Lipinski definition) is 3. The van der Waals surface area contributed by atoms with Crippen LogP contribution in [0.2, 0.25) is 0 Å². The monoisotopic (exact) mass is 221 g/mol. The van der Waals surface area contributed by atoms with Crippen molar-refractivity contribution in [1.29, 1.82) is 0 Å². The minimum Gasteiger partial charge on any atom is -0.377 e. The number of H-pyrrole nitrogens is 1. The second-order valence-electron chi connectivity index (χ2n) is 5.46. The Morgan fingerprint density at radius 2 is 2.50 bits per heavy atom. The van der Waals surface area contributed by atoms with Crippen molar-refractivity contribution in [3.8, 4) is 0 Å². The van der Waals surface area contributed by atoms with Gasteiger partial charge in [0.05, 0.1) is 12.6 Å². The molecule has 3 atom stereocenters. The predicted octanol–water partition coefficient (Wildman–Crippen LogP) is 1.31. The molecule has 0 radical (unpaired) electrons. The molecule has 1 aliphatic heterocycles. The summed E-state index contributed by atoms with van der Waals surface area (Å²) in [7, 11) is 0. The van der Waals surface area contributed by atoms with E-state index in [0.717, 1.165) is 19.0 Å². The number of hydrogen-bond donors (Lipinski definition) is 2. The summed E-state index contributed by atoms with van der Waals surface area (Å²) in [6.45, 7) is 6.33. The molecule has 2 fully saturated rings. The maximum Gasteiger partial charge on any atom is 0.120 e. The van der Waals surface area contributed by atoms with E-state index in [1.54, 1.807) is 6.20 Å². The van der Waals surface area contributed by atoms with E-state index in [2.05, 4.69) is 29.1 Å². The van der Waals surface area contributed by atoms with E-state index in [1.165, 1.54) is 6.42 Å². The smallest absolute Gasteiger partial charge is 0.120 e. The van der Waals surface area contributed by atoms with Crippen LogP contribution in [0.5, 0.6) is 0 Å². The highest BCUT2D eigenvalue weighted by atomic mass is 16.5. The number of rotatable bonds is 3. The standard InChI is InChI=1S/C12H19N3O/c1-12(2)10(8-3-6-16-11(8)12)15-7-9-13-4-5-14-9/h4-5,8,10-11,15H,3,6-7H2,1-2H3,(H,13,14). The minimum absolute atomic E-state index is 0.258. The third-order valence-electron chi connectivity index (χ3n) is 4.14. The van der Waals surface area contributed by atoms with E-state index in [9.17, 15) is 0 Å². The predicted molar refractivity (Wildman–Crippen MR) is 60.8 cm³/mol. The number of nitrogens with one attached hydrogen (secondary N) is 2. The van der Waals surface area contributed by atoms with Crippen LogP contribution >= 0.6 is 0 Å². The molecule has 0 bridgehead atoms. The maximum atomic E-state index is 5.77. The highest BCUT2D eigenvalue weighted by molar-refractivity contribution is 5.11. The van der Waals surface area contributed by atoms with Gasteiger partial charge in [-0.1, -0.05) is 13.8 Å². The Hall–Kier alpha value is -0.870.